The lowest BCUT2D eigenvalue weighted by atomic mass is 10.1. The Morgan fingerprint density at radius 1 is 1.06 bits per heavy atom. The molecule has 6 heteroatoms. The van der Waals surface area contributed by atoms with E-state index in [-0.39, 0.29) is 5.91 Å². The molecule has 1 amide bonds. The van der Waals surface area contributed by atoms with Crippen LogP contribution in [0.5, 0.6) is 0 Å². The Labute approximate surface area is 185 Å². The van der Waals surface area contributed by atoms with Gasteiger partial charge >= 0.3 is 5.97 Å². The Morgan fingerprint density at radius 2 is 1.81 bits per heavy atom. The van der Waals surface area contributed by atoms with Crippen LogP contribution < -0.4 is 5.32 Å². The maximum absolute atomic E-state index is 13.0. The topological polar surface area (TPSA) is 60.3 Å². The largest absolute Gasteiger partial charge is 0.443 e. The van der Waals surface area contributed by atoms with Crippen LogP contribution in [0.2, 0.25) is 0 Å². The lowest BCUT2D eigenvalue weighted by Gasteiger charge is -2.18. The normalized spacial score (nSPS) is 11.9. The molecular weight excluding hydrogens is 408 g/mol. The van der Waals surface area contributed by atoms with Crippen LogP contribution in [-0.4, -0.2) is 23.0 Å². The van der Waals surface area contributed by atoms with E-state index >= 15 is 0 Å². The van der Waals surface area contributed by atoms with Gasteiger partial charge in [-0.3, -0.25) is 4.79 Å². The second-order valence-electron chi connectivity index (χ2n) is 7.48. The van der Waals surface area contributed by atoms with Crippen molar-refractivity contribution in [2.24, 2.45) is 7.05 Å². The zero-order valence-electron chi connectivity index (χ0n) is 17.5. The Morgan fingerprint density at radius 3 is 2.52 bits per heavy atom. The smallest absolute Gasteiger partial charge is 0.356 e. The standard InChI is InChI=1S/C25H24N2O3S/c1-17-8-10-19(11-9-17)23(24(28)26-14-12-18-6-4-3-5-7-18)30-25(29)21-16-22-20(27(21)2)13-15-31-22/h3-11,13,15-16,23H,12,14H2,1-2H3,(H,26,28)/t23-/m1/s1. The monoisotopic (exact) mass is 432 g/mol. The van der Waals surface area contributed by atoms with Crippen LogP contribution in [0.4, 0.5) is 0 Å². The zero-order chi connectivity index (χ0) is 21.8. The summed E-state index contributed by atoms with van der Waals surface area (Å²) in [7, 11) is 1.83. The van der Waals surface area contributed by atoms with Gasteiger partial charge in [0.15, 0.2) is 0 Å². The van der Waals surface area contributed by atoms with Crippen molar-refractivity contribution in [2.75, 3.05) is 6.54 Å². The molecule has 4 aromatic rings. The molecule has 1 atom stereocenters. The van der Waals surface area contributed by atoms with Crippen molar-refractivity contribution < 1.29 is 14.3 Å². The molecule has 0 fully saturated rings. The molecule has 0 bridgehead atoms. The van der Waals surface area contributed by atoms with Gasteiger partial charge in [-0.1, -0.05) is 60.2 Å². The summed E-state index contributed by atoms with van der Waals surface area (Å²) in [4.78, 5) is 26.0. The predicted octanol–water partition coefficient (Wildman–Crippen LogP) is 4.81. The molecule has 0 spiro atoms. The summed E-state index contributed by atoms with van der Waals surface area (Å²) < 4.78 is 8.55. The minimum atomic E-state index is -1.02. The van der Waals surface area contributed by atoms with Crippen molar-refractivity contribution in [2.45, 2.75) is 19.4 Å². The Balaban J connectivity index is 1.51. The number of fused-ring (bicyclic) bond motifs is 1. The van der Waals surface area contributed by atoms with E-state index < -0.39 is 12.1 Å². The number of hydrogen-bond donors (Lipinski definition) is 1. The van der Waals surface area contributed by atoms with Crippen molar-refractivity contribution in [1.29, 1.82) is 0 Å². The molecule has 0 radical (unpaired) electrons. The number of rotatable bonds is 7. The van der Waals surface area contributed by atoms with Crippen LogP contribution in [0.3, 0.4) is 0 Å². The summed E-state index contributed by atoms with van der Waals surface area (Å²) >= 11 is 1.56. The predicted molar refractivity (Wildman–Crippen MR) is 123 cm³/mol. The lowest BCUT2D eigenvalue weighted by molar-refractivity contribution is -0.130. The van der Waals surface area contributed by atoms with E-state index in [0.29, 0.717) is 24.2 Å². The molecule has 1 N–H and O–H groups in total. The van der Waals surface area contributed by atoms with Crippen LogP contribution in [-0.2, 0) is 23.0 Å². The highest BCUT2D eigenvalue weighted by atomic mass is 32.1. The summed E-state index contributed by atoms with van der Waals surface area (Å²) in [6, 6.07) is 21.2. The first kappa shape index (κ1) is 20.9. The molecule has 2 aromatic carbocycles. The van der Waals surface area contributed by atoms with Crippen LogP contribution in [0, 0.1) is 6.92 Å². The van der Waals surface area contributed by atoms with Crippen LogP contribution >= 0.6 is 11.3 Å². The highest BCUT2D eigenvalue weighted by Crippen LogP contribution is 2.26. The van der Waals surface area contributed by atoms with Crippen molar-refractivity contribution in [3.05, 3.63) is 94.5 Å². The lowest BCUT2D eigenvalue weighted by Crippen LogP contribution is -2.33. The van der Waals surface area contributed by atoms with E-state index in [9.17, 15) is 9.59 Å². The number of carbonyl (C=O) groups is 2. The highest BCUT2D eigenvalue weighted by molar-refractivity contribution is 7.17. The molecule has 0 saturated heterocycles. The minimum Gasteiger partial charge on any atom is -0.443 e. The van der Waals surface area contributed by atoms with E-state index in [1.54, 1.807) is 15.9 Å². The average molecular weight is 433 g/mol. The first-order valence-electron chi connectivity index (χ1n) is 10.1. The number of hydrogen-bond acceptors (Lipinski definition) is 4. The van der Waals surface area contributed by atoms with E-state index in [1.165, 1.54) is 0 Å². The third kappa shape index (κ3) is 4.70. The van der Waals surface area contributed by atoms with Crippen molar-refractivity contribution in [3.63, 3.8) is 0 Å². The number of thiophene rings is 1. The second kappa shape index (κ2) is 9.18. The first-order valence-corrected chi connectivity index (χ1v) is 11.0. The number of nitrogens with one attached hydrogen (secondary N) is 1. The van der Waals surface area contributed by atoms with Gasteiger partial charge in [0.2, 0.25) is 6.10 Å². The summed E-state index contributed by atoms with van der Waals surface area (Å²) in [5.41, 5.74) is 4.25. The fourth-order valence-electron chi connectivity index (χ4n) is 3.49. The van der Waals surface area contributed by atoms with Gasteiger partial charge < -0.3 is 14.6 Å². The molecule has 4 rings (SSSR count). The van der Waals surface area contributed by atoms with Gasteiger partial charge in [-0.05, 0) is 36.4 Å². The van der Waals surface area contributed by atoms with Crippen molar-refractivity contribution in [1.82, 2.24) is 9.88 Å². The fourth-order valence-corrected chi connectivity index (χ4v) is 4.34. The Hall–Kier alpha value is -3.38. The van der Waals surface area contributed by atoms with Gasteiger partial charge in [0.1, 0.15) is 5.69 Å². The maximum Gasteiger partial charge on any atom is 0.356 e. The molecule has 2 heterocycles. The van der Waals surface area contributed by atoms with Crippen molar-refractivity contribution >= 4 is 33.4 Å². The third-order valence-corrected chi connectivity index (χ3v) is 6.12. The molecule has 0 saturated carbocycles. The van der Waals surface area contributed by atoms with E-state index in [0.717, 1.165) is 21.3 Å². The zero-order valence-corrected chi connectivity index (χ0v) is 18.3. The van der Waals surface area contributed by atoms with Gasteiger partial charge in [-0.15, -0.1) is 11.3 Å². The van der Waals surface area contributed by atoms with E-state index in [1.807, 2.05) is 86.1 Å². The molecule has 158 valence electrons. The number of esters is 1. The summed E-state index contributed by atoms with van der Waals surface area (Å²) in [6.45, 7) is 2.43. The minimum absolute atomic E-state index is 0.329. The quantitative estimate of drug-likeness (QED) is 0.427. The molecule has 5 nitrogen and oxygen atoms in total. The van der Waals surface area contributed by atoms with E-state index in [4.69, 9.17) is 4.74 Å². The maximum atomic E-state index is 13.0. The summed E-state index contributed by atoms with van der Waals surface area (Å²) in [5.74, 6) is -0.848. The fraction of sp³-hybridized carbons (Fsp3) is 0.200. The Kier molecular flexibility index (Phi) is 6.18. The van der Waals surface area contributed by atoms with Crippen molar-refractivity contribution in [3.8, 4) is 0 Å². The highest BCUT2D eigenvalue weighted by Gasteiger charge is 2.27. The molecular formula is C25H24N2O3S. The number of carbonyl (C=O) groups excluding carboxylic acids is 2. The number of nitrogens with zero attached hydrogens (tertiary/aromatic N) is 1. The average Bonchev–Trinajstić information content (AvgIpc) is 3.36. The molecule has 31 heavy (non-hydrogen) atoms. The summed E-state index contributed by atoms with van der Waals surface area (Å²) in [5, 5.41) is 4.90. The molecule has 0 unspecified atom stereocenters. The third-order valence-electron chi connectivity index (χ3n) is 5.27. The first-order chi connectivity index (χ1) is 15.0. The van der Waals surface area contributed by atoms with E-state index in [2.05, 4.69) is 5.32 Å². The second-order valence-corrected chi connectivity index (χ2v) is 8.43. The van der Waals surface area contributed by atoms with Gasteiger partial charge in [0, 0.05) is 19.2 Å². The van der Waals surface area contributed by atoms with Crippen LogP contribution in [0.25, 0.3) is 10.2 Å². The molecule has 0 aliphatic heterocycles. The van der Waals surface area contributed by atoms with Gasteiger partial charge in [-0.2, -0.15) is 0 Å². The molecule has 0 aliphatic rings. The summed E-state index contributed by atoms with van der Waals surface area (Å²) in [6.07, 6.45) is -0.313. The van der Waals surface area contributed by atoms with Gasteiger partial charge in [0.05, 0.1) is 10.2 Å². The number of amides is 1. The number of ether oxygens (including phenoxy) is 1. The number of benzene rings is 2. The number of aryl methyl sites for hydroxylation is 2. The SMILES string of the molecule is Cc1ccc([C@@H](OC(=O)c2cc3sccc3n2C)C(=O)NCCc2ccccc2)cc1. The van der Waals surface area contributed by atoms with Gasteiger partial charge in [-0.25, -0.2) is 4.79 Å². The van der Waals surface area contributed by atoms with Crippen LogP contribution in [0.1, 0.15) is 33.3 Å². The Bertz CT molecular complexity index is 1190. The van der Waals surface area contributed by atoms with Crippen LogP contribution in [0.15, 0.2) is 72.1 Å². The molecule has 0 aliphatic carbocycles. The van der Waals surface area contributed by atoms with Gasteiger partial charge in [0.25, 0.3) is 5.91 Å². The molecule has 2 aromatic heterocycles. The number of aromatic nitrogens is 1.